The van der Waals surface area contributed by atoms with Crippen molar-refractivity contribution >= 4 is 68.9 Å². The Hall–Kier alpha value is -0.280. The Morgan fingerprint density at radius 3 is 2.00 bits per heavy atom. The highest BCUT2D eigenvalue weighted by Gasteiger charge is 2.28. The van der Waals surface area contributed by atoms with Gasteiger partial charge in [-0.15, -0.1) is 0 Å². The van der Waals surface area contributed by atoms with Crippen molar-refractivity contribution < 1.29 is 19.3 Å². The molecule has 4 nitrogen and oxygen atoms in total. The zero-order valence-electron chi connectivity index (χ0n) is 11.4. The minimum absolute atomic E-state index is 0.0859. The van der Waals surface area contributed by atoms with Gasteiger partial charge >= 0.3 is 0 Å². The van der Waals surface area contributed by atoms with E-state index in [9.17, 15) is 0 Å². The number of ether oxygens (including phenoxy) is 3. The molecule has 1 atom stereocenters. The van der Waals surface area contributed by atoms with Gasteiger partial charge in [-0.25, -0.2) is 0 Å². The van der Waals surface area contributed by atoms with Crippen molar-refractivity contribution in [3.8, 4) is 0 Å². The van der Waals surface area contributed by atoms with E-state index in [1.54, 1.807) is 0 Å². The number of thiocarbonyl (C=S) groups is 4. The SMILES string of the molecule is CCOC(=S)CC(=S)C(C(=S)OCC)C(=S)OCCO. The van der Waals surface area contributed by atoms with E-state index in [4.69, 9.17) is 68.2 Å². The van der Waals surface area contributed by atoms with Crippen molar-refractivity contribution in [3.05, 3.63) is 0 Å². The van der Waals surface area contributed by atoms with Crippen molar-refractivity contribution in [3.63, 3.8) is 0 Å². The molecule has 0 fully saturated rings. The minimum atomic E-state index is -0.597. The third kappa shape index (κ3) is 7.49. The van der Waals surface area contributed by atoms with Crippen LogP contribution in [0.15, 0.2) is 0 Å². The molecule has 0 aromatic rings. The van der Waals surface area contributed by atoms with Gasteiger partial charge < -0.3 is 19.3 Å². The fraction of sp³-hybridized carbons (Fsp3) is 0.667. The Morgan fingerprint density at radius 2 is 1.50 bits per heavy atom. The van der Waals surface area contributed by atoms with E-state index in [1.165, 1.54) is 0 Å². The van der Waals surface area contributed by atoms with E-state index < -0.39 is 5.92 Å². The highest BCUT2D eigenvalue weighted by atomic mass is 32.1. The third-order valence-electron chi connectivity index (χ3n) is 2.04. The molecule has 0 heterocycles. The highest BCUT2D eigenvalue weighted by molar-refractivity contribution is 7.84. The van der Waals surface area contributed by atoms with Gasteiger partial charge in [-0.2, -0.15) is 0 Å². The van der Waals surface area contributed by atoms with E-state index >= 15 is 0 Å². The number of aliphatic hydroxyl groups is 1. The lowest BCUT2D eigenvalue weighted by Gasteiger charge is -2.20. The molecule has 0 aliphatic rings. The maximum absolute atomic E-state index is 8.77. The minimum Gasteiger partial charge on any atom is -0.487 e. The molecule has 0 aromatic carbocycles. The average molecular weight is 355 g/mol. The molecule has 0 spiro atoms. The second-order valence-corrected chi connectivity index (χ2v) is 5.31. The van der Waals surface area contributed by atoms with Gasteiger partial charge in [0.05, 0.1) is 19.8 Å². The molecule has 0 rings (SSSR count). The van der Waals surface area contributed by atoms with E-state index in [-0.39, 0.29) is 29.7 Å². The summed E-state index contributed by atoms with van der Waals surface area (Å²) < 4.78 is 15.7. The summed E-state index contributed by atoms with van der Waals surface area (Å²) in [5.74, 6) is -0.597. The van der Waals surface area contributed by atoms with Crippen molar-refractivity contribution in [2.45, 2.75) is 20.3 Å². The molecule has 8 heteroatoms. The largest absolute Gasteiger partial charge is 0.487 e. The Labute approximate surface area is 140 Å². The number of rotatable bonds is 9. The molecular formula is C12H18O4S4. The first-order valence-electron chi connectivity index (χ1n) is 6.10. The summed E-state index contributed by atoms with van der Waals surface area (Å²) in [6.07, 6.45) is 0.277. The quantitative estimate of drug-likeness (QED) is 0.634. The summed E-state index contributed by atoms with van der Waals surface area (Å²) in [4.78, 5) is 0.491. The molecule has 114 valence electrons. The van der Waals surface area contributed by atoms with Crippen LogP contribution in [0.5, 0.6) is 0 Å². The van der Waals surface area contributed by atoms with Gasteiger partial charge in [0, 0.05) is 11.3 Å². The van der Waals surface area contributed by atoms with Gasteiger partial charge in [-0.05, 0) is 50.5 Å². The van der Waals surface area contributed by atoms with E-state index in [1.807, 2.05) is 13.8 Å². The van der Waals surface area contributed by atoms with Gasteiger partial charge in [0.2, 0.25) is 0 Å². The molecule has 0 aliphatic heterocycles. The zero-order chi connectivity index (χ0) is 15.5. The van der Waals surface area contributed by atoms with Gasteiger partial charge in [-0.1, -0.05) is 12.2 Å². The Morgan fingerprint density at radius 1 is 0.950 bits per heavy atom. The predicted molar refractivity (Wildman–Crippen MR) is 94.8 cm³/mol. The van der Waals surface area contributed by atoms with Crippen molar-refractivity contribution in [1.82, 2.24) is 0 Å². The maximum atomic E-state index is 8.77. The highest BCUT2D eigenvalue weighted by Crippen LogP contribution is 2.14. The topological polar surface area (TPSA) is 47.9 Å². The zero-order valence-corrected chi connectivity index (χ0v) is 14.7. The second-order valence-electron chi connectivity index (χ2n) is 3.52. The van der Waals surface area contributed by atoms with Crippen LogP contribution < -0.4 is 0 Å². The second kappa shape index (κ2) is 11.4. The predicted octanol–water partition coefficient (Wildman–Crippen LogP) is 2.43. The molecule has 0 radical (unpaired) electrons. The van der Waals surface area contributed by atoms with Crippen LogP contribution >= 0.6 is 48.9 Å². The summed E-state index contributed by atoms with van der Waals surface area (Å²) in [6, 6.07) is 0. The van der Waals surface area contributed by atoms with Crippen LogP contribution in [0.2, 0.25) is 0 Å². The first-order valence-corrected chi connectivity index (χ1v) is 7.73. The summed E-state index contributed by atoms with van der Waals surface area (Å²) in [5, 5.41) is 9.58. The van der Waals surface area contributed by atoms with Crippen LogP contribution in [0.4, 0.5) is 0 Å². The van der Waals surface area contributed by atoms with Crippen molar-refractivity contribution in [1.29, 1.82) is 0 Å². The van der Waals surface area contributed by atoms with Crippen LogP contribution in [-0.4, -0.2) is 51.6 Å². The summed E-state index contributed by atoms with van der Waals surface area (Å²) in [7, 11) is 0. The van der Waals surface area contributed by atoms with Gasteiger partial charge in [0.25, 0.3) is 0 Å². The van der Waals surface area contributed by atoms with Crippen LogP contribution in [0.1, 0.15) is 20.3 Å². The smallest absolute Gasteiger partial charge is 0.176 e. The molecule has 0 saturated heterocycles. The normalized spacial score (nSPS) is 11.3. The lowest BCUT2D eigenvalue weighted by molar-refractivity contribution is 0.192. The van der Waals surface area contributed by atoms with Crippen LogP contribution in [-0.2, 0) is 14.2 Å². The molecule has 20 heavy (non-hydrogen) atoms. The van der Waals surface area contributed by atoms with Gasteiger partial charge in [0.15, 0.2) is 15.2 Å². The van der Waals surface area contributed by atoms with Gasteiger partial charge in [-0.3, -0.25) is 0 Å². The molecule has 1 N–H and O–H groups in total. The van der Waals surface area contributed by atoms with Crippen molar-refractivity contribution in [2.75, 3.05) is 26.4 Å². The number of hydrogen-bond acceptors (Lipinski definition) is 8. The summed E-state index contributed by atoms with van der Waals surface area (Å²) >= 11 is 20.7. The molecular weight excluding hydrogens is 336 g/mol. The molecule has 1 unspecified atom stereocenters. The van der Waals surface area contributed by atoms with E-state index in [0.717, 1.165) is 0 Å². The lowest BCUT2D eigenvalue weighted by atomic mass is 10.0. The summed E-state index contributed by atoms with van der Waals surface area (Å²) in [6.45, 7) is 4.49. The fourth-order valence-corrected chi connectivity index (χ4v) is 2.90. The first-order chi connectivity index (χ1) is 9.47. The van der Waals surface area contributed by atoms with Gasteiger partial charge in [0.1, 0.15) is 12.5 Å². The monoisotopic (exact) mass is 354 g/mol. The Bertz CT molecular complexity index is 370. The first kappa shape index (κ1) is 19.7. The summed E-state index contributed by atoms with van der Waals surface area (Å²) in [5.41, 5.74) is 0. The van der Waals surface area contributed by atoms with Crippen LogP contribution in [0.3, 0.4) is 0 Å². The molecule has 0 amide bonds. The van der Waals surface area contributed by atoms with Crippen LogP contribution in [0, 0.1) is 5.92 Å². The molecule has 0 aromatic heterocycles. The van der Waals surface area contributed by atoms with Crippen molar-refractivity contribution in [2.24, 2.45) is 5.92 Å². The van der Waals surface area contributed by atoms with E-state index in [0.29, 0.717) is 23.1 Å². The third-order valence-corrected chi connectivity index (χ3v) is 3.39. The van der Waals surface area contributed by atoms with Crippen LogP contribution in [0.25, 0.3) is 0 Å². The van der Waals surface area contributed by atoms with E-state index in [2.05, 4.69) is 0 Å². The number of hydrogen-bond donors (Lipinski definition) is 1. The average Bonchev–Trinajstić information content (AvgIpc) is 2.36. The molecule has 0 bridgehead atoms. The maximum Gasteiger partial charge on any atom is 0.176 e. The Kier molecular flexibility index (Phi) is 11.2. The molecule has 0 aliphatic carbocycles. The lowest BCUT2D eigenvalue weighted by Crippen LogP contribution is -2.33. The number of aliphatic hydroxyl groups excluding tert-OH is 1. The molecule has 0 saturated carbocycles. The fourth-order valence-electron chi connectivity index (χ4n) is 1.27. The standard InChI is InChI=1S/C12H18O4S4/c1-3-14-9(18)7-8(17)10(11(19)15-4-2)12(20)16-6-5-13/h10,13H,3-7H2,1-2H3. The Balaban J connectivity index is 4.82.